The number of anilines is 1. The van der Waals surface area contributed by atoms with Gasteiger partial charge in [-0.15, -0.1) is 0 Å². The summed E-state index contributed by atoms with van der Waals surface area (Å²) in [4.78, 5) is 35.0. The number of carbonyl (C=O) groups excluding carboxylic acids is 2. The summed E-state index contributed by atoms with van der Waals surface area (Å²) in [5.74, 6) is 0.202. The van der Waals surface area contributed by atoms with Crippen LogP contribution in [0.25, 0.3) is 5.65 Å². The predicted molar refractivity (Wildman–Crippen MR) is 134 cm³/mol. The van der Waals surface area contributed by atoms with Crippen molar-refractivity contribution >= 4 is 23.3 Å². The molecule has 2 saturated heterocycles. The Morgan fingerprint density at radius 1 is 1.08 bits per heavy atom. The number of nitrogens with one attached hydrogen (secondary N) is 2. The van der Waals surface area contributed by atoms with Gasteiger partial charge in [0.2, 0.25) is 0 Å². The second-order valence-electron chi connectivity index (χ2n) is 9.94. The van der Waals surface area contributed by atoms with Crippen LogP contribution in [0.4, 0.5) is 10.2 Å². The van der Waals surface area contributed by atoms with Gasteiger partial charge in [-0.25, -0.2) is 9.37 Å². The molecule has 1 unspecified atom stereocenters. The van der Waals surface area contributed by atoms with Gasteiger partial charge < -0.3 is 25.2 Å². The standard InChI is InChI=1S/C26H30FN7O3/c1-32-9-7-29-24(35)15-37-22-6-5-17(27)10-18(22)26(36)33-8-3-2-4-21(33)20-11-23-30-19(16-13-28-14-16)12-25(32)34(23)31-20/h5-6,10-12,16,21,28H,2-4,7-9,13-15H2,1H3,(H,29,35). The van der Waals surface area contributed by atoms with Gasteiger partial charge in [-0.2, -0.15) is 9.61 Å². The maximum atomic E-state index is 14.2. The third kappa shape index (κ3) is 4.48. The first-order valence-corrected chi connectivity index (χ1v) is 12.8. The average Bonchev–Trinajstić information content (AvgIpc) is 3.29. The van der Waals surface area contributed by atoms with E-state index in [2.05, 4.69) is 21.6 Å². The van der Waals surface area contributed by atoms with Crippen molar-refractivity contribution in [2.75, 3.05) is 51.3 Å². The van der Waals surface area contributed by atoms with Crippen molar-refractivity contribution in [3.63, 3.8) is 0 Å². The highest BCUT2D eigenvalue weighted by atomic mass is 19.1. The molecule has 2 amide bonds. The molecule has 2 bridgehead atoms. The van der Waals surface area contributed by atoms with Crippen LogP contribution in [0, 0.1) is 5.82 Å². The van der Waals surface area contributed by atoms with Crippen LogP contribution in [0.3, 0.4) is 0 Å². The summed E-state index contributed by atoms with van der Waals surface area (Å²) in [6, 6.07) is 7.57. The molecule has 2 fully saturated rings. The van der Waals surface area contributed by atoms with E-state index in [-0.39, 0.29) is 35.8 Å². The van der Waals surface area contributed by atoms with Crippen LogP contribution in [-0.4, -0.2) is 77.7 Å². The second-order valence-corrected chi connectivity index (χ2v) is 9.94. The average molecular weight is 508 g/mol. The minimum absolute atomic E-state index is 0.105. The van der Waals surface area contributed by atoms with Crippen molar-refractivity contribution in [2.24, 2.45) is 0 Å². The number of carbonyl (C=O) groups is 2. The number of halogens is 1. The van der Waals surface area contributed by atoms with E-state index >= 15 is 0 Å². The van der Waals surface area contributed by atoms with Crippen molar-refractivity contribution in [1.82, 2.24) is 30.1 Å². The third-order valence-corrected chi connectivity index (χ3v) is 7.44. The van der Waals surface area contributed by atoms with Crippen LogP contribution in [-0.2, 0) is 4.79 Å². The summed E-state index contributed by atoms with van der Waals surface area (Å²) in [5, 5.41) is 11.1. The Morgan fingerprint density at radius 2 is 1.95 bits per heavy atom. The number of ether oxygens (including phenoxy) is 1. The number of piperidine rings is 1. The maximum absolute atomic E-state index is 14.2. The van der Waals surface area contributed by atoms with E-state index in [0.717, 1.165) is 55.2 Å². The second kappa shape index (κ2) is 9.62. The predicted octanol–water partition coefficient (Wildman–Crippen LogP) is 1.87. The summed E-state index contributed by atoms with van der Waals surface area (Å²) in [5.41, 5.74) is 2.59. The lowest BCUT2D eigenvalue weighted by molar-refractivity contribution is -0.123. The highest BCUT2D eigenvalue weighted by Crippen LogP contribution is 2.35. The monoisotopic (exact) mass is 507 g/mol. The molecule has 37 heavy (non-hydrogen) atoms. The smallest absolute Gasteiger partial charge is 0.258 e. The zero-order valence-electron chi connectivity index (χ0n) is 20.7. The van der Waals surface area contributed by atoms with E-state index in [1.54, 1.807) is 4.90 Å². The minimum Gasteiger partial charge on any atom is -0.483 e. The van der Waals surface area contributed by atoms with Crippen molar-refractivity contribution in [3.05, 3.63) is 53.1 Å². The van der Waals surface area contributed by atoms with E-state index in [4.69, 9.17) is 14.8 Å². The molecule has 1 aromatic carbocycles. The molecule has 0 aliphatic carbocycles. The first kappa shape index (κ1) is 23.7. The van der Waals surface area contributed by atoms with Gasteiger partial charge in [-0.1, -0.05) is 0 Å². The Balaban J connectivity index is 1.47. The fraction of sp³-hybridized carbons (Fsp3) is 0.462. The number of likely N-dealkylation sites (N-methyl/N-ethyl adjacent to an activating group) is 1. The zero-order valence-corrected chi connectivity index (χ0v) is 20.7. The number of nitrogens with zero attached hydrogens (tertiary/aromatic N) is 5. The van der Waals surface area contributed by atoms with Crippen LogP contribution in [0.5, 0.6) is 5.75 Å². The fourth-order valence-corrected chi connectivity index (χ4v) is 5.24. The Kier molecular flexibility index (Phi) is 6.15. The van der Waals surface area contributed by atoms with Crippen LogP contribution >= 0.6 is 0 Å². The molecule has 0 saturated carbocycles. The van der Waals surface area contributed by atoms with E-state index < -0.39 is 5.82 Å². The molecular weight excluding hydrogens is 477 g/mol. The lowest BCUT2D eigenvalue weighted by atomic mass is 9.98. The molecule has 2 aromatic heterocycles. The summed E-state index contributed by atoms with van der Waals surface area (Å²) in [6.45, 7) is 2.96. The molecule has 3 aliphatic heterocycles. The van der Waals surface area contributed by atoms with Gasteiger partial charge in [0.05, 0.1) is 23.0 Å². The Hall–Kier alpha value is -3.73. The van der Waals surface area contributed by atoms with E-state index in [1.807, 2.05) is 17.6 Å². The number of aromatic nitrogens is 3. The lowest BCUT2D eigenvalue weighted by Gasteiger charge is -2.35. The highest BCUT2D eigenvalue weighted by Gasteiger charge is 2.33. The minimum atomic E-state index is -0.536. The molecule has 0 radical (unpaired) electrons. The van der Waals surface area contributed by atoms with E-state index in [1.165, 1.54) is 18.2 Å². The summed E-state index contributed by atoms with van der Waals surface area (Å²) >= 11 is 0. The van der Waals surface area contributed by atoms with Gasteiger partial charge in [0.1, 0.15) is 17.4 Å². The molecule has 1 atom stereocenters. The van der Waals surface area contributed by atoms with Crippen LogP contribution in [0.2, 0.25) is 0 Å². The molecule has 5 heterocycles. The zero-order chi connectivity index (χ0) is 25.5. The normalized spacial score (nSPS) is 21.3. The molecular formula is C26H30FN7O3. The Labute approximate surface area is 213 Å². The third-order valence-electron chi connectivity index (χ3n) is 7.44. The van der Waals surface area contributed by atoms with Gasteiger partial charge in [-0.3, -0.25) is 9.59 Å². The van der Waals surface area contributed by atoms with Gasteiger partial charge in [0.15, 0.2) is 12.3 Å². The first-order chi connectivity index (χ1) is 18.0. The Bertz CT molecular complexity index is 1360. The van der Waals surface area contributed by atoms with E-state index in [9.17, 15) is 14.0 Å². The highest BCUT2D eigenvalue weighted by molar-refractivity contribution is 5.97. The summed E-state index contributed by atoms with van der Waals surface area (Å²) in [6.07, 6.45) is 2.54. The number of hydrogen-bond donors (Lipinski definition) is 2. The number of amides is 2. The molecule has 11 heteroatoms. The lowest BCUT2D eigenvalue weighted by Crippen LogP contribution is -2.41. The van der Waals surface area contributed by atoms with Crippen molar-refractivity contribution in [1.29, 1.82) is 0 Å². The topological polar surface area (TPSA) is 104 Å². The molecule has 6 rings (SSSR count). The quantitative estimate of drug-likeness (QED) is 0.518. The van der Waals surface area contributed by atoms with Gasteiger partial charge in [0.25, 0.3) is 11.8 Å². The summed E-state index contributed by atoms with van der Waals surface area (Å²) in [7, 11) is 1.96. The number of rotatable bonds is 1. The van der Waals surface area contributed by atoms with Crippen molar-refractivity contribution in [2.45, 2.75) is 31.2 Å². The van der Waals surface area contributed by atoms with Crippen molar-refractivity contribution < 1.29 is 18.7 Å². The Morgan fingerprint density at radius 3 is 2.76 bits per heavy atom. The number of fused-ring (bicyclic) bond motifs is 4. The molecule has 3 aromatic rings. The van der Waals surface area contributed by atoms with Crippen LogP contribution in [0.15, 0.2) is 30.3 Å². The molecule has 2 N–H and O–H groups in total. The van der Waals surface area contributed by atoms with Crippen LogP contribution in [0.1, 0.15) is 53.0 Å². The molecule has 3 aliphatic rings. The molecule has 0 spiro atoms. The maximum Gasteiger partial charge on any atom is 0.258 e. The van der Waals surface area contributed by atoms with Gasteiger partial charge in [-0.05, 0) is 37.5 Å². The largest absolute Gasteiger partial charge is 0.483 e. The fourth-order valence-electron chi connectivity index (χ4n) is 5.24. The SMILES string of the molecule is CN1CCNC(=O)COc2ccc(F)cc2C(=O)N2CCCCC2c2cc3nc(C4CNC4)cc1n3n2. The number of benzene rings is 1. The number of hydrogen-bond acceptors (Lipinski definition) is 7. The molecule has 10 nitrogen and oxygen atoms in total. The molecule has 194 valence electrons. The van der Waals surface area contributed by atoms with Gasteiger partial charge in [0, 0.05) is 57.8 Å². The van der Waals surface area contributed by atoms with Crippen molar-refractivity contribution in [3.8, 4) is 5.75 Å². The summed E-state index contributed by atoms with van der Waals surface area (Å²) < 4.78 is 21.8. The van der Waals surface area contributed by atoms with E-state index in [0.29, 0.717) is 25.6 Å². The van der Waals surface area contributed by atoms with Gasteiger partial charge >= 0.3 is 0 Å². The first-order valence-electron chi connectivity index (χ1n) is 12.8. The van der Waals surface area contributed by atoms with Crippen LogP contribution < -0.4 is 20.3 Å².